The van der Waals surface area contributed by atoms with Crippen LogP contribution in [0.15, 0.2) is 71.5 Å². The number of anilines is 1. The second-order valence-corrected chi connectivity index (χ2v) is 7.64. The van der Waals surface area contributed by atoms with E-state index in [1.165, 1.54) is 0 Å². The van der Waals surface area contributed by atoms with Gasteiger partial charge in [0.05, 0.1) is 20.0 Å². The molecule has 0 radical (unpaired) electrons. The summed E-state index contributed by atoms with van der Waals surface area (Å²) in [7, 11) is 1.60. The molecule has 4 aromatic rings. The molecule has 0 aliphatic heterocycles. The van der Waals surface area contributed by atoms with Gasteiger partial charge in [-0.25, -0.2) is 4.98 Å². The molecule has 2 aromatic heterocycles. The summed E-state index contributed by atoms with van der Waals surface area (Å²) in [6.07, 6.45) is 4.94. The van der Waals surface area contributed by atoms with Crippen LogP contribution in [0.25, 0.3) is 27.7 Å². The number of pyridine rings is 1. The largest absolute Gasteiger partial charge is 0.496 e. The monoisotopic (exact) mass is 442 g/mol. The number of hydrogen-bond acceptors (Lipinski definition) is 5. The molecule has 0 fully saturated rings. The maximum absolute atomic E-state index is 12.6. The van der Waals surface area contributed by atoms with E-state index in [-0.39, 0.29) is 5.91 Å². The summed E-state index contributed by atoms with van der Waals surface area (Å²) in [5.74, 6) is 1.74. The van der Waals surface area contributed by atoms with Crippen molar-refractivity contribution in [1.82, 2.24) is 4.98 Å². The van der Waals surface area contributed by atoms with E-state index in [4.69, 9.17) is 13.9 Å². The quantitative estimate of drug-likeness (QED) is 0.342. The predicted molar refractivity (Wildman–Crippen MR) is 131 cm³/mol. The Hall–Kier alpha value is -4.06. The van der Waals surface area contributed by atoms with Gasteiger partial charge in [-0.15, -0.1) is 0 Å². The van der Waals surface area contributed by atoms with Crippen LogP contribution in [0.1, 0.15) is 25.0 Å². The van der Waals surface area contributed by atoms with Crippen LogP contribution in [0.3, 0.4) is 0 Å². The molecule has 2 heterocycles. The highest BCUT2D eigenvalue weighted by molar-refractivity contribution is 6.05. The average molecular weight is 443 g/mol. The minimum atomic E-state index is -0.254. The molecule has 6 heteroatoms. The number of rotatable bonds is 7. The first-order chi connectivity index (χ1) is 16.0. The molecule has 4 rings (SSSR count). The Kier molecular flexibility index (Phi) is 6.45. The number of benzene rings is 2. The molecular formula is C27H26N2O4. The third-order valence-corrected chi connectivity index (χ3v) is 5.40. The first kappa shape index (κ1) is 22.1. The number of aryl methyl sites for hydroxylation is 1. The van der Waals surface area contributed by atoms with Crippen LogP contribution in [0.5, 0.6) is 11.5 Å². The minimum absolute atomic E-state index is 0.254. The minimum Gasteiger partial charge on any atom is -0.496 e. The lowest BCUT2D eigenvalue weighted by molar-refractivity contribution is -0.111. The van der Waals surface area contributed by atoms with Gasteiger partial charge in [-0.05, 0) is 61.7 Å². The van der Waals surface area contributed by atoms with E-state index in [2.05, 4.69) is 10.3 Å². The topological polar surface area (TPSA) is 73.6 Å². The summed E-state index contributed by atoms with van der Waals surface area (Å²) in [5.41, 5.74) is 5.15. The summed E-state index contributed by atoms with van der Waals surface area (Å²) in [4.78, 5) is 16.9. The Morgan fingerprint density at radius 1 is 1.18 bits per heavy atom. The maximum atomic E-state index is 12.6. The third kappa shape index (κ3) is 4.75. The number of amides is 1. The zero-order chi connectivity index (χ0) is 23.4. The molecule has 0 aliphatic carbocycles. The van der Waals surface area contributed by atoms with Crippen molar-refractivity contribution < 1.29 is 18.7 Å². The Balaban J connectivity index is 1.69. The van der Waals surface area contributed by atoms with Gasteiger partial charge in [0.25, 0.3) is 0 Å². The van der Waals surface area contributed by atoms with E-state index >= 15 is 0 Å². The predicted octanol–water partition coefficient (Wildman–Crippen LogP) is 6.25. The van der Waals surface area contributed by atoms with Gasteiger partial charge in [-0.3, -0.25) is 4.79 Å². The number of carbonyl (C=O) groups is 1. The number of hydrogen-bond donors (Lipinski definition) is 1. The van der Waals surface area contributed by atoms with E-state index in [0.717, 1.165) is 39.0 Å². The number of aromatic nitrogens is 1. The number of nitrogens with one attached hydrogen (secondary N) is 1. The molecule has 0 spiro atoms. The molecular weight excluding hydrogens is 416 g/mol. The first-order valence-corrected chi connectivity index (χ1v) is 10.7. The molecule has 1 N–H and O–H groups in total. The van der Waals surface area contributed by atoms with Crippen LogP contribution in [0.2, 0.25) is 0 Å². The fourth-order valence-corrected chi connectivity index (χ4v) is 3.70. The normalized spacial score (nSPS) is 11.5. The van der Waals surface area contributed by atoms with Crippen LogP contribution in [-0.2, 0) is 4.79 Å². The molecule has 0 bridgehead atoms. The van der Waals surface area contributed by atoms with Gasteiger partial charge in [0.15, 0.2) is 0 Å². The van der Waals surface area contributed by atoms with Crippen LogP contribution in [0.4, 0.5) is 5.82 Å². The smallest absolute Gasteiger partial charge is 0.249 e. The van der Waals surface area contributed by atoms with Crippen LogP contribution in [-0.4, -0.2) is 24.6 Å². The van der Waals surface area contributed by atoms with E-state index in [1.807, 2.05) is 69.3 Å². The SMILES string of the molecule is CCOc1ccc(-c2coc3cc(OC)c(/C(C)=C/C(=O)Nc4ncccc4C)cc23)cc1. The molecule has 0 atom stereocenters. The molecule has 2 aromatic carbocycles. The fourth-order valence-electron chi connectivity index (χ4n) is 3.70. The van der Waals surface area contributed by atoms with E-state index in [0.29, 0.717) is 23.8 Å². The van der Waals surface area contributed by atoms with Crippen molar-refractivity contribution in [1.29, 1.82) is 0 Å². The second-order valence-electron chi connectivity index (χ2n) is 7.64. The van der Waals surface area contributed by atoms with Crippen molar-refractivity contribution in [2.75, 3.05) is 19.0 Å². The maximum Gasteiger partial charge on any atom is 0.249 e. The molecule has 0 unspecified atom stereocenters. The van der Waals surface area contributed by atoms with Gasteiger partial charge in [-0.2, -0.15) is 0 Å². The lowest BCUT2D eigenvalue weighted by Gasteiger charge is -2.11. The van der Waals surface area contributed by atoms with Gasteiger partial charge < -0.3 is 19.2 Å². The molecule has 0 saturated carbocycles. The summed E-state index contributed by atoms with van der Waals surface area (Å²) in [6, 6.07) is 15.5. The van der Waals surface area contributed by atoms with Crippen molar-refractivity contribution in [3.05, 3.63) is 78.2 Å². The number of carbonyl (C=O) groups excluding carboxylic acids is 1. The molecule has 1 amide bonds. The van der Waals surface area contributed by atoms with Gasteiger partial charge in [0.2, 0.25) is 5.91 Å². The standard InChI is InChI=1S/C27H26N2O4/c1-5-32-20-10-8-19(9-11-20)23-16-33-25-15-24(31-4)21(14-22(23)25)18(3)13-26(30)29-27-17(2)7-6-12-28-27/h6-16H,5H2,1-4H3,(H,28,29,30)/b18-13+. The van der Waals surface area contributed by atoms with Crippen molar-refractivity contribution in [2.24, 2.45) is 0 Å². The molecule has 0 saturated heterocycles. The van der Waals surface area contributed by atoms with Gasteiger partial charge in [0, 0.05) is 34.9 Å². The Labute approximate surface area is 192 Å². The van der Waals surface area contributed by atoms with Crippen LogP contribution in [0, 0.1) is 6.92 Å². The number of methoxy groups -OCH3 is 1. The van der Waals surface area contributed by atoms with E-state index < -0.39 is 0 Å². The van der Waals surface area contributed by atoms with Gasteiger partial charge in [-0.1, -0.05) is 18.2 Å². The summed E-state index contributed by atoms with van der Waals surface area (Å²) >= 11 is 0. The number of ether oxygens (including phenoxy) is 2. The Morgan fingerprint density at radius 2 is 1.97 bits per heavy atom. The van der Waals surface area contributed by atoms with Gasteiger partial charge in [0.1, 0.15) is 22.9 Å². The molecule has 0 aliphatic rings. The molecule has 168 valence electrons. The Morgan fingerprint density at radius 3 is 2.67 bits per heavy atom. The highest BCUT2D eigenvalue weighted by atomic mass is 16.5. The highest BCUT2D eigenvalue weighted by Crippen LogP contribution is 2.37. The summed E-state index contributed by atoms with van der Waals surface area (Å²) in [5, 5.41) is 3.77. The van der Waals surface area contributed by atoms with Crippen LogP contribution >= 0.6 is 0 Å². The zero-order valence-corrected chi connectivity index (χ0v) is 19.1. The van der Waals surface area contributed by atoms with E-state index in [9.17, 15) is 4.79 Å². The van der Waals surface area contributed by atoms with Crippen LogP contribution < -0.4 is 14.8 Å². The van der Waals surface area contributed by atoms with Crippen molar-refractivity contribution in [3.8, 4) is 22.6 Å². The fraction of sp³-hybridized carbons (Fsp3) is 0.185. The number of furan rings is 1. The third-order valence-electron chi connectivity index (χ3n) is 5.40. The van der Waals surface area contributed by atoms with Crippen molar-refractivity contribution >= 4 is 28.3 Å². The van der Waals surface area contributed by atoms with E-state index in [1.54, 1.807) is 25.6 Å². The lowest BCUT2D eigenvalue weighted by atomic mass is 9.99. The zero-order valence-electron chi connectivity index (χ0n) is 19.1. The molecule has 6 nitrogen and oxygen atoms in total. The lowest BCUT2D eigenvalue weighted by Crippen LogP contribution is -2.11. The number of fused-ring (bicyclic) bond motifs is 1. The number of nitrogens with zero attached hydrogens (tertiary/aromatic N) is 1. The highest BCUT2D eigenvalue weighted by Gasteiger charge is 2.15. The second kappa shape index (κ2) is 9.61. The van der Waals surface area contributed by atoms with Crippen molar-refractivity contribution in [3.63, 3.8) is 0 Å². The molecule has 33 heavy (non-hydrogen) atoms. The summed E-state index contributed by atoms with van der Waals surface area (Å²) < 4.78 is 16.9. The number of allylic oxidation sites excluding steroid dienone is 1. The average Bonchev–Trinajstić information content (AvgIpc) is 3.23. The van der Waals surface area contributed by atoms with Gasteiger partial charge >= 0.3 is 0 Å². The Bertz CT molecular complexity index is 1320. The summed E-state index contributed by atoms with van der Waals surface area (Å²) in [6.45, 7) is 6.36. The first-order valence-electron chi connectivity index (χ1n) is 10.7. The van der Waals surface area contributed by atoms with Crippen molar-refractivity contribution in [2.45, 2.75) is 20.8 Å².